The van der Waals surface area contributed by atoms with Crippen molar-refractivity contribution in [2.75, 3.05) is 28.4 Å². The summed E-state index contributed by atoms with van der Waals surface area (Å²) in [4.78, 5) is 45.4. The van der Waals surface area contributed by atoms with Crippen LogP contribution in [0.2, 0.25) is 0 Å². The topological polar surface area (TPSA) is 117 Å². The highest BCUT2D eigenvalue weighted by molar-refractivity contribution is 6.00. The maximum absolute atomic E-state index is 11.5. The quantitative estimate of drug-likeness (QED) is 0.376. The molecule has 0 aliphatic carbocycles. The predicted molar refractivity (Wildman–Crippen MR) is 67.4 cm³/mol. The van der Waals surface area contributed by atoms with Crippen LogP contribution in [0, 0.1) is 0 Å². The number of carbonyl (C=O) groups is 4. The first kappa shape index (κ1) is 18.2. The standard InChI is InChI=1S/C12H15NO8/c1-18-9(14)5-7(11(16)20-3)13-8(12(17)21-4)6-10(15)19-2/h5-6,13H,1-4H3. The minimum Gasteiger partial charge on any atom is -0.466 e. The molecule has 9 heteroatoms. The van der Waals surface area contributed by atoms with Gasteiger partial charge in [-0.05, 0) is 0 Å². The Balaban J connectivity index is 5.51. The molecule has 0 rings (SSSR count). The number of rotatable bonds is 6. The Hall–Kier alpha value is -2.84. The molecule has 0 atom stereocenters. The third-order valence-electron chi connectivity index (χ3n) is 2.01. The molecule has 0 aromatic heterocycles. The van der Waals surface area contributed by atoms with Crippen LogP contribution < -0.4 is 5.32 Å². The molecule has 116 valence electrons. The molecule has 0 aromatic rings. The van der Waals surface area contributed by atoms with Crippen molar-refractivity contribution in [3.8, 4) is 0 Å². The average molecular weight is 301 g/mol. The van der Waals surface area contributed by atoms with Crippen LogP contribution in [0.4, 0.5) is 0 Å². The molecule has 0 aliphatic rings. The number of hydrogen-bond acceptors (Lipinski definition) is 9. The molecule has 0 unspecified atom stereocenters. The lowest BCUT2D eigenvalue weighted by atomic mass is 10.3. The van der Waals surface area contributed by atoms with Crippen molar-refractivity contribution >= 4 is 23.9 Å². The van der Waals surface area contributed by atoms with Gasteiger partial charge in [0.05, 0.1) is 40.6 Å². The van der Waals surface area contributed by atoms with Gasteiger partial charge in [-0.15, -0.1) is 0 Å². The Morgan fingerprint density at radius 1 is 0.667 bits per heavy atom. The van der Waals surface area contributed by atoms with Crippen molar-refractivity contribution in [3.63, 3.8) is 0 Å². The molecule has 0 bridgehead atoms. The largest absolute Gasteiger partial charge is 0.466 e. The lowest BCUT2D eigenvalue weighted by molar-refractivity contribution is -0.140. The zero-order valence-corrected chi connectivity index (χ0v) is 11.9. The van der Waals surface area contributed by atoms with Gasteiger partial charge >= 0.3 is 23.9 Å². The monoisotopic (exact) mass is 301 g/mol. The van der Waals surface area contributed by atoms with Gasteiger partial charge in [0.2, 0.25) is 0 Å². The van der Waals surface area contributed by atoms with Crippen molar-refractivity contribution < 1.29 is 38.1 Å². The Morgan fingerprint density at radius 3 is 1.24 bits per heavy atom. The van der Waals surface area contributed by atoms with E-state index in [0.717, 1.165) is 40.6 Å². The first-order valence-electron chi connectivity index (χ1n) is 5.42. The minimum absolute atomic E-state index is 0.426. The van der Waals surface area contributed by atoms with Crippen LogP contribution in [0.25, 0.3) is 0 Å². The van der Waals surface area contributed by atoms with E-state index in [2.05, 4.69) is 24.3 Å². The average Bonchev–Trinajstić information content (AvgIpc) is 2.50. The fourth-order valence-corrected chi connectivity index (χ4v) is 1.01. The van der Waals surface area contributed by atoms with Gasteiger partial charge < -0.3 is 24.3 Å². The van der Waals surface area contributed by atoms with Crippen LogP contribution in [-0.2, 0) is 38.1 Å². The van der Waals surface area contributed by atoms with E-state index in [9.17, 15) is 19.2 Å². The first-order valence-corrected chi connectivity index (χ1v) is 5.42. The van der Waals surface area contributed by atoms with Gasteiger partial charge in [0, 0.05) is 0 Å². The Morgan fingerprint density at radius 2 is 1.00 bits per heavy atom. The van der Waals surface area contributed by atoms with Gasteiger partial charge in [0.1, 0.15) is 11.4 Å². The second-order valence-corrected chi connectivity index (χ2v) is 3.27. The van der Waals surface area contributed by atoms with E-state index in [1.165, 1.54) is 0 Å². The third kappa shape index (κ3) is 6.23. The summed E-state index contributed by atoms with van der Waals surface area (Å²) in [6.45, 7) is 0. The summed E-state index contributed by atoms with van der Waals surface area (Å²) in [5.41, 5.74) is -0.852. The third-order valence-corrected chi connectivity index (χ3v) is 2.01. The highest BCUT2D eigenvalue weighted by atomic mass is 16.5. The zero-order chi connectivity index (χ0) is 16.4. The molecule has 21 heavy (non-hydrogen) atoms. The molecule has 0 saturated carbocycles. The predicted octanol–water partition coefficient (Wildman–Crippen LogP) is -0.964. The SMILES string of the molecule is COC(=O)C=C(NC(=CC(=O)OC)C(=O)OC)C(=O)OC. The van der Waals surface area contributed by atoms with E-state index in [0.29, 0.717) is 0 Å². The molecule has 0 aromatic carbocycles. The fourth-order valence-electron chi connectivity index (χ4n) is 1.01. The van der Waals surface area contributed by atoms with Gasteiger partial charge in [-0.1, -0.05) is 0 Å². The highest BCUT2D eigenvalue weighted by Gasteiger charge is 2.19. The van der Waals surface area contributed by atoms with Crippen molar-refractivity contribution in [1.29, 1.82) is 0 Å². The van der Waals surface area contributed by atoms with E-state index in [1.807, 2.05) is 0 Å². The summed E-state index contributed by atoms with van der Waals surface area (Å²) < 4.78 is 17.6. The molecule has 1 N–H and O–H groups in total. The summed E-state index contributed by atoms with van der Waals surface area (Å²) in [5, 5.41) is 2.26. The van der Waals surface area contributed by atoms with Crippen LogP contribution in [0.15, 0.2) is 23.5 Å². The van der Waals surface area contributed by atoms with Crippen molar-refractivity contribution in [3.05, 3.63) is 23.5 Å². The van der Waals surface area contributed by atoms with E-state index < -0.39 is 35.3 Å². The maximum atomic E-state index is 11.5. The second kappa shape index (κ2) is 9.13. The van der Waals surface area contributed by atoms with Gasteiger partial charge in [-0.25, -0.2) is 19.2 Å². The summed E-state index contributed by atoms with van der Waals surface area (Å²) in [5.74, 6) is -3.66. The lowest BCUT2D eigenvalue weighted by Gasteiger charge is -2.10. The van der Waals surface area contributed by atoms with Crippen molar-refractivity contribution in [2.24, 2.45) is 0 Å². The second-order valence-electron chi connectivity index (χ2n) is 3.27. The smallest absolute Gasteiger partial charge is 0.354 e. The number of nitrogens with one attached hydrogen (secondary N) is 1. The lowest BCUT2D eigenvalue weighted by Crippen LogP contribution is -2.28. The van der Waals surface area contributed by atoms with Crippen LogP contribution in [-0.4, -0.2) is 52.3 Å². The normalized spacial score (nSPS) is 11.2. The van der Waals surface area contributed by atoms with Gasteiger partial charge in [-0.2, -0.15) is 0 Å². The molecule has 0 saturated heterocycles. The van der Waals surface area contributed by atoms with Gasteiger partial charge in [0.25, 0.3) is 0 Å². The van der Waals surface area contributed by atoms with E-state index in [1.54, 1.807) is 0 Å². The van der Waals surface area contributed by atoms with Crippen molar-refractivity contribution in [1.82, 2.24) is 5.32 Å². The number of ether oxygens (including phenoxy) is 4. The molecular formula is C12H15NO8. The van der Waals surface area contributed by atoms with Gasteiger partial charge in [-0.3, -0.25) is 0 Å². The summed E-state index contributed by atoms with van der Waals surface area (Å²) in [6, 6.07) is 0. The van der Waals surface area contributed by atoms with Gasteiger partial charge in [0.15, 0.2) is 0 Å². The van der Waals surface area contributed by atoms with E-state index in [4.69, 9.17) is 0 Å². The molecule has 0 spiro atoms. The molecule has 9 nitrogen and oxygen atoms in total. The summed E-state index contributed by atoms with van der Waals surface area (Å²) in [7, 11) is 4.33. The molecule has 0 amide bonds. The zero-order valence-electron chi connectivity index (χ0n) is 11.9. The molecule has 0 fully saturated rings. The fraction of sp³-hybridized carbons (Fsp3) is 0.333. The molecular weight excluding hydrogens is 286 g/mol. The maximum Gasteiger partial charge on any atom is 0.354 e. The first-order chi connectivity index (χ1) is 9.89. The highest BCUT2D eigenvalue weighted by Crippen LogP contribution is 2.02. The molecule has 0 aliphatic heterocycles. The number of esters is 4. The number of methoxy groups -OCH3 is 4. The van der Waals surface area contributed by atoms with E-state index >= 15 is 0 Å². The molecule has 0 radical (unpaired) electrons. The van der Waals surface area contributed by atoms with Crippen molar-refractivity contribution in [2.45, 2.75) is 0 Å². The van der Waals surface area contributed by atoms with Crippen LogP contribution in [0.3, 0.4) is 0 Å². The Kier molecular flexibility index (Phi) is 7.89. The van der Waals surface area contributed by atoms with Crippen LogP contribution in [0.1, 0.15) is 0 Å². The number of hydrogen-bond donors (Lipinski definition) is 1. The van der Waals surface area contributed by atoms with E-state index in [-0.39, 0.29) is 0 Å². The molecule has 0 heterocycles. The van der Waals surface area contributed by atoms with Crippen LogP contribution in [0.5, 0.6) is 0 Å². The number of carbonyl (C=O) groups excluding carboxylic acids is 4. The Labute approximate surface area is 120 Å². The Bertz CT molecular complexity index is 447. The summed E-state index contributed by atoms with van der Waals surface area (Å²) in [6.07, 6.45) is 1.50. The van der Waals surface area contributed by atoms with Crippen LogP contribution >= 0.6 is 0 Å². The summed E-state index contributed by atoms with van der Waals surface area (Å²) >= 11 is 0. The minimum atomic E-state index is -0.958.